The Hall–Kier alpha value is -3.30. The molecule has 0 spiro atoms. The van der Waals surface area contributed by atoms with Crippen LogP contribution < -0.4 is 0 Å². The molecule has 0 bridgehead atoms. The molecule has 2 N–H and O–H groups in total. The van der Waals surface area contributed by atoms with Crippen molar-refractivity contribution < 1.29 is 18.7 Å². The van der Waals surface area contributed by atoms with Gasteiger partial charge in [-0.3, -0.25) is 4.90 Å². The summed E-state index contributed by atoms with van der Waals surface area (Å²) in [5.41, 5.74) is 2.44. The number of rotatable bonds is 5. The zero-order valence-corrected chi connectivity index (χ0v) is 17.6. The predicted molar refractivity (Wildman–Crippen MR) is 119 cm³/mol. The first-order chi connectivity index (χ1) is 15.5. The number of nitrogens with one attached hydrogen (secondary N) is 1. The largest absolute Gasteiger partial charge is 0.494 e. The van der Waals surface area contributed by atoms with Crippen molar-refractivity contribution in [3.63, 3.8) is 0 Å². The van der Waals surface area contributed by atoms with E-state index < -0.39 is 11.6 Å². The Balaban J connectivity index is 1.45. The summed E-state index contributed by atoms with van der Waals surface area (Å²) >= 11 is 0. The van der Waals surface area contributed by atoms with Crippen molar-refractivity contribution in [2.24, 2.45) is 10.1 Å². The first-order valence-corrected chi connectivity index (χ1v) is 10.5. The van der Waals surface area contributed by atoms with E-state index in [-0.39, 0.29) is 5.88 Å². The number of benzene rings is 2. The van der Waals surface area contributed by atoms with Gasteiger partial charge in [-0.15, -0.1) is 0 Å². The number of hydrogen-bond donors (Lipinski definition) is 2. The molecule has 5 rings (SSSR count). The van der Waals surface area contributed by atoms with E-state index >= 15 is 0 Å². The summed E-state index contributed by atoms with van der Waals surface area (Å²) in [4.78, 5) is 17.6. The maximum atomic E-state index is 14.0. The molecule has 2 aliphatic heterocycles. The average Bonchev–Trinajstić information content (AvgIpc) is 3.28. The van der Waals surface area contributed by atoms with Gasteiger partial charge in [0, 0.05) is 49.2 Å². The number of H-pyrrole nitrogens is 1. The highest BCUT2D eigenvalue weighted by molar-refractivity contribution is 6.58. The number of nitrogens with zero attached hydrogens (tertiary/aromatic N) is 4. The van der Waals surface area contributed by atoms with Crippen LogP contribution in [0.3, 0.4) is 0 Å². The molecule has 7 nitrogen and oxygen atoms in total. The zero-order valence-electron chi connectivity index (χ0n) is 17.6. The van der Waals surface area contributed by atoms with Crippen molar-refractivity contribution in [3.05, 3.63) is 59.2 Å². The number of piperazine rings is 1. The second-order valence-electron chi connectivity index (χ2n) is 8.08. The topological polar surface area (TPSA) is 76.5 Å². The number of aromatic nitrogens is 1. The second-order valence-corrected chi connectivity index (χ2v) is 8.08. The lowest BCUT2D eigenvalue weighted by atomic mass is 10.0. The molecule has 0 saturated carbocycles. The molecule has 0 atom stereocenters. The van der Waals surface area contributed by atoms with E-state index in [0.29, 0.717) is 45.7 Å². The molecule has 1 saturated heterocycles. The minimum atomic E-state index is -0.443. The molecule has 1 fully saturated rings. The van der Waals surface area contributed by atoms with Gasteiger partial charge in [-0.1, -0.05) is 5.16 Å². The molecule has 166 valence electrons. The fourth-order valence-electron chi connectivity index (χ4n) is 4.10. The Morgan fingerprint density at radius 2 is 1.84 bits per heavy atom. The van der Waals surface area contributed by atoms with Gasteiger partial charge in [0.2, 0.25) is 0 Å². The van der Waals surface area contributed by atoms with Gasteiger partial charge < -0.3 is 19.8 Å². The standard InChI is InChI=1S/C23H23F2N5O2/c1-29-6-8-30(9-7-29)10-11-32-28-21-17-13-15(25)3-5-19(17)26-22(21)20-16-12-14(24)2-4-18(16)27-23(20)31/h2-5,12-13,27,31H,6-11H2,1H3/b28-21+. The molecule has 0 amide bonds. The Bertz CT molecular complexity index is 1230. The van der Waals surface area contributed by atoms with Crippen LogP contribution in [0.5, 0.6) is 5.88 Å². The molecule has 9 heteroatoms. The molecular formula is C23H23F2N5O2. The Morgan fingerprint density at radius 1 is 1.09 bits per heavy atom. The highest BCUT2D eigenvalue weighted by atomic mass is 19.1. The molecule has 2 aliphatic rings. The smallest absolute Gasteiger partial charge is 0.199 e. The number of aliphatic imine (C=N–C) groups is 1. The maximum Gasteiger partial charge on any atom is 0.199 e. The van der Waals surface area contributed by atoms with Gasteiger partial charge in [0.15, 0.2) is 5.88 Å². The van der Waals surface area contributed by atoms with Crippen LogP contribution in [0.1, 0.15) is 11.1 Å². The summed E-state index contributed by atoms with van der Waals surface area (Å²) in [6.45, 7) is 5.02. The average molecular weight is 439 g/mol. The van der Waals surface area contributed by atoms with Crippen LogP contribution in [0.2, 0.25) is 0 Å². The van der Waals surface area contributed by atoms with Crippen LogP contribution in [0.25, 0.3) is 10.9 Å². The summed E-state index contributed by atoms with van der Waals surface area (Å²) in [5, 5.41) is 15.3. The normalized spacial score (nSPS) is 18.3. The van der Waals surface area contributed by atoms with E-state index in [1.807, 2.05) is 0 Å². The second kappa shape index (κ2) is 8.33. The Kier molecular flexibility index (Phi) is 5.36. The van der Waals surface area contributed by atoms with Crippen LogP contribution in [0.15, 0.2) is 46.5 Å². The third-order valence-electron chi connectivity index (χ3n) is 5.90. The van der Waals surface area contributed by atoms with Crippen LogP contribution in [-0.4, -0.2) is 77.7 Å². The number of oxime groups is 1. The molecule has 1 aromatic heterocycles. The number of aromatic amines is 1. The summed E-state index contributed by atoms with van der Waals surface area (Å²) < 4.78 is 27.9. The highest BCUT2D eigenvalue weighted by Crippen LogP contribution is 2.36. The first kappa shape index (κ1) is 20.6. The van der Waals surface area contributed by atoms with Crippen LogP contribution in [0, 0.1) is 11.6 Å². The molecule has 3 heterocycles. The summed E-state index contributed by atoms with van der Waals surface area (Å²) in [5.74, 6) is -1.04. The molecule has 0 aliphatic carbocycles. The number of hydrogen-bond acceptors (Lipinski definition) is 6. The van der Waals surface area contributed by atoms with E-state index in [9.17, 15) is 13.9 Å². The third kappa shape index (κ3) is 3.85. The number of aromatic hydroxyl groups is 1. The van der Waals surface area contributed by atoms with Crippen molar-refractivity contribution in [3.8, 4) is 5.88 Å². The van der Waals surface area contributed by atoms with E-state index in [4.69, 9.17) is 4.84 Å². The monoisotopic (exact) mass is 439 g/mol. The lowest BCUT2D eigenvalue weighted by Crippen LogP contribution is -2.45. The van der Waals surface area contributed by atoms with Crippen LogP contribution >= 0.6 is 0 Å². The lowest BCUT2D eigenvalue weighted by Gasteiger charge is -2.31. The number of likely N-dealkylation sites (N-methyl/N-ethyl adjacent to an activating group) is 1. The van der Waals surface area contributed by atoms with Gasteiger partial charge in [-0.2, -0.15) is 0 Å². The fourth-order valence-corrected chi connectivity index (χ4v) is 4.10. The van der Waals surface area contributed by atoms with Crippen molar-refractivity contribution in [2.75, 3.05) is 46.4 Å². The van der Waals surface area contributed by atoms with Crippen LogP contribution in [0.4, 0.5) is 14.5 Å². The first-order valence-electron chi connectivity index (χ1n) is 10.5. The van der Waals surface area contributed by atoms with E-state index in [2.05, 4.69) is 32.0 Å². The highest BCUT2D eigenvalue weighted by Gasteiger charge is 2.30. The molecule has 2 aromatic carbocycles. The molecule has 3 aromatic rings. The van der Waals surface area contributed by atoms with Crippen molar-refractivity contribution in [1.29, 1.82) is 0 Å². The fraction of sp³-hybridized carbons (Fsp3) is 0.304. The zero-order chi connectivity index (χ0) is 22.2. The van der Waals surface area contributed by atoms with E-state index in [1.54, 1.807) is 12.1 Å². The van der Waals surface area contributed by atoms with Crippen molar-refractivity contribution >= 4 is 28.0 Å². The SMILES string of the molecule is CN1CCN(CCO/N=C2/C(c3c(O)[nH]c4ccc(F)cc34)=Nc3ccc(F)cc32)CC1. The van der Waals surface area contributed by atoms with E-state index in [0.717, 1.165) is 32.7 Å². The molecule has 0 radical (unpaired) electrons. The predicted octanol–water partition coefficient (Wildman–Crippen LogP) is 3.25. The van der Waals surface area contributed by atoms with E-state index in [1.165, 1.54) is 24.3 Å². The molecule has 0 unspecified atom stereocenters. The number of fused-ring (bicyclic) bond motifs is 2. The summed E-state index contributed by atoms with van der Waals surface area (Å²) in [6, 6.07) is 8.36. The Morgan fingerprint density at radius 3 is 2.66 bits per heavy atom. The van der Waals surface area contributed by atoms with Crippen LogP contribution in [-0.2, 0) is 4.84 Å². The Labute approximate surface area is 183 Å². The van der Waals surface area contributed by atoms with Gasteiger partial charge in [-0.25, -0.2) is 13.8 Å². The van der Waals surface area contributed by atoms with Gasteiger partial charge in [0.25, 0.3) is 0 Å². The quantitative estimate of drug-likeness (QED) is 0.473. The minimum absolute atomic E-state index is 0.164. The summed E-state index contributed by atoms with van der Waals surface area (Å²) in [7, 11) is 2.10. The molecular weight excluding hydrogens is 416 g/mol. The van der Waals surface area contributed by atoms with Gasteiger partial charge in [-0.05, 0) is 43.4 Å². The third-order valence-corrected chi connectivity index (χ3v) is 5.90. The van der Waals surface area contributed by atoms with Gasteiger partial charge in [0.05, 0.1) is 11.3 Å². The van der Waals surface area contributed by atoms with Gasteiger partial charge >= 0.3 is 0 Å². The minimum Gasteiger partial charge on any atom is -0.494 e. The van der Waals surface area contributed by atoms with Crippen molar-refractivity contribution in [2.45, 2.75) is 0 Å². The van der Waals surface area contributed by atoms with Gasteiger partial charge in [0.1, 0.15) is 29.7 Å². The number of halogens is 2. The molecule has 32 heavy (non-hydrogen) atoms. The van der Waals surface area contributed by atoms with Crippen molar-refractivity contribution in [1.82, 2.24) is 14.8 Å². The maximum absolute atomic E-state index is 14.0. The lowest BCUT2D eigenvalue weighted by molar-refractivity contribution is 0.0864. The summed E-state index contributed by atoms with van der Waals surface area (Å²) in [6.07, 6.45) is 0.